The molecule has 11 nitrogen and oxygen atoms in total. The van der Waals surface area contributed by atoms with Crippen molar-refractivity contribution in [1.29, 1.82) is 0 Å². The van der Waals surface area contributed by atoms with Crippen LogP contribution in [0.2, 0.25) is 0 Å². The Bertz CT molecular complexity index is 1350. The standard InChI is InChI=1S/C59H105NO10/c1-3-5-7-9-11-13-15-22-25-29-33-37-41-45-52(62)51(50-69-59-58(67)57(66)56(65)53(49-61)70-59)60-54(63)46-42-38-34-30-26-23-20-18-17-19-21-24-28-32-36-40-44-48-68-55(64)47-43-39-35-31-27-16-14-12-10-8-6-4-2/h12,14,17,19,24-25,28-29,41,45,51-53,56-59,61-62,65-67H,3-11,13,15-16,18,20-23,26-27,30-40,42-44,46-50H2,1-2H3,(H,60,63)/b14-12-,19-17-,28-24-,29-25+,45-41+. The molecule has 0 radical (unpaired) electrons. The average Bonchev–Trinajstić information content (AvgIpc) is 3.36. The summed E-state index contributed by atoms with van der Waals surface area (Å²) in [7, 11) is 0. The Morgan fingerprint density at radius 3 is 1.53 bits per heavy atom. The Balaban J connectivity index is 2.17. The van der Waals surface area contributed by atoms with E-state index in [-0.39, 0.29) is 18.5 Å². The molecule has 0 aromatic rings. The summed E-state index contributed by atoms with van der Waals surface area (Å²) in [5.41, 5.74) is 0. The predicted octanol–water partition coefficient (Wildman–Crippen LogP) is 12.7. The van der Waals surface area contributed by atoms with Gasteiger partial charge < -0.3 is 45.1 Å². The van der Waals surface area contributed by atoms with Crippen LogP contribution < -0.4 is 5.32 Å². The maximum absolute atomic E-state index is 13.0. The van der Waals surface area contributed by atoms with Crippen molar-refractivity contribution in [3.63, 3.8) is 0 Å². The summed E-state index contributed by atoms with van der Waals surface area (Å²) in [6, 6.07) is -0.841. The number of unbranched alkanes of at least 4 members (excludes halogenated alkanes) is 26. The van der Waals surface area contributed by atoms with Gasteiger partial charge in [0.25, 0.3) is 0 Å². The second-order valence-electron chi connectivity index (χ2n) is 19.6. The van der Waals surface area contributed by atoms with Gasteiger partial charge in [0.05, 0.1) is 32.0 Å². The van der Waals surface area contributed by atoms with Gasteiger partial charge in [-0.3, -0.25) is 9.59 Å². The van der Waals surface area contributed by atoms with Crippen LogP contribution in [0.3, 0.4) is 0 Å². The smallest absolute Gasteiger partial charge is 0.305 e. The largest absolute Gasteiger partial charge is 0.466 e. The summed E-state index contributed by atoms with van der Waals surface area (Å²) in [6.07, 6.45) is 51.6. The van der Waals surface area contributed by atoms with Crippen LogP contribution in [-0.2, 0) is 23.8 Å². The molecule has 0 aliphatic carbocycles. The van der Waals surface area contributed by atoms with Gasteiger partial charge in [-0.1, -0.05) is 177 Å². The van der Waals surface area contributed by atoms with Crippen LogP contribution in [0.4, 0.5) is 0 Å². The summed E-state index contributed by atoms with van der Waals surface area (Å²) >= 11 is 0. The van der Waals surface area contributed by atoms with Crippen molar-refractivity contribution in [2.75, 3.05) is 19.8 Å². The Hall–Kier alpha value is -2.64. The van der Waals surface area contributed by atoms with E-state index < -0.39 is 49.5 Å². The molecule has 406 valence electrons. The number of allylic oxidation sites excluding steroid dienone is 9. The van der Waals surface area contributed by atoms with Crippen LogP contribution in [0.25, 0.3) is 0 Å². The molecule has 1 saturated heterocycles. The number of esters is 1. The highest BCUT2D eigenvalue weighted by Gasteiger charge is 2.44. The summed E-state index contributed by atoms with van der Waals surface area (Å²) < 4.78 is 16.6. The van der Waals surface area contributed by atoms with Crippen LogP contribution >= 0.6 is 0 Å². The van der Waals surface area contributed by atoms with E-state index >= 15 is 0 Å². The molecule has 0 saturated carbocycles. The zero-order valence-electron chi connectivity index (χ0n) is 44.5. The molecule has 70 heavy (non-hydrogen) atoms. The van der Waals surface area contributed by atoms with E-state index in [4.69, 9.17) is 14.2 Å². The first-order valence-corrected chi connectivity index (χ1v) is 28.6. The summed E-state index contributed by atoms with van der Waals surface area (Å²) in [5.74, 6) is -0.254. The molecule has 0 aromatic carbocycles. The minimum Gasteiger partial charge on any atom is -0.466 e. The monoisotopic (exact) mass is 988 g/mol. The number of hydrogen-bond acceptors (Lipinski definition) is 10. The molecule has 1 aliphatic rings. The number of rotatable bonds is 48. The molecule has 7 atom stereocenters. The zero-order chi connectivity index (χ0) is 51.0. The van der Waals surface area contributed by atoms with Gasteiger partial charge in [0.1, 0.15) is 24.4 Å². The first-order chi connectivity index (χ1) is 34.2. The second-order valence-corrected chi connectivity index (χ2v) is 19.6. The summed E-state index contributed by atoms with van der Waals surface area (Å²) in [4.78, 5) is 25.0. The molecule has 0 spiro atoms. The van der Waals surface area contributed by atoms with Gasteiger partial charge >= 0.3 is 5.97 Å². The van der Waals surface area contributed by atoms with Crippen molar-refractivity contribution in [3.8, 4) is 0 Å². The number of carbonyl (C=O) groups is 2. The normalized spacial score (nSPS) is 19.7. The van der Waals surface area contributed by atoms with Crippen molar-refractivity contribution < 1.29 is 49.3 Å². The van der Waals surface area contributed by atoms with E-state index in [0.29, 0.717) is 19.4 Å². The molecular formula is C59H105NO10. The lowest BCUT2D eigenvalue weighted by Gasteiger charge is -2.40. The maximum Gasteiger partial charge on any atom is 0.305 e. The average molecular weight is 988 g/mol. The molecule has 1 amide bonds. The highest BCUT2D eigenvalue weighted by atomic mass is 16.7. The third-order valence-corrected chi connectivity index (χ3v) is 13.1. The molecule has 0 aromatic heterocycles. The van der Waals surface area contributed by atoms with Gasteiger partial charge in [-0.2, -0.15) is 0 Å². The number of amides is 1. The third-order valence-electron chi connectivity index (χ3n) is 13.1. The number of aliphatic hydroxyl groups excluding tert-OH is 5. The quantitative estimate of drug-likeness (QED) is 0.0196. The van der Waals surface area contributed by atoms with E-state index in [1.165, 1.54) is 116 Å². The zero-order valence-corrected chi connectivity index (χ0v) is 44.5. The van der Waals surface area contributed by atoms with Crippen LogP contribution in [0.1, 0.15) is 239 Å². The maximum atomic E-state index is 13.0. The molecular weight excluding hydrogens is 883 g/mol. The Morgan fingerprint density at radius 2 is 0.971 bits per heavy atom. The van der Waals surface area contributed by atoms with Gasteiger partial charge in [-0.25, -0.2) is 0 Å². The summed E-state index contributed by atoms with van der Waals surface area (Å²) in [6.45, 7) is 4.22. The van der Waals surface area contributed by atoms with Crippen LogP contribution in [0.5, 0.6) is 0 Å². The lowest BCUT2D eigenvalue weighted by molar-refractivity contribution is -0.302. The van der Waals surface area contributed by atoms with Crippen molar-refractivity contribution in [3.05, 3.63) is 60.8 Å². The third kappa shape index (κ3) is 38.0. The second kappa shape index (κ2) is 48.6. The Kier molecular flexibility index (Phi) is 45.4. The fraction of sp³-hybridized carbons (Fsp3) is 0.797. The lowest BCUT2D eigenvalue weighted by Crippen LogP contribution is -2.60. The van der Waals surface area contributed by atoms with E-state index in [0.717, 1.165) is 96.3 Å². The SMILES string of the molecule is CCCCC/C=C\CCCCCCCC(=O)OCCCCC/C=C\C/C=C\CCCCCCCCCC(=O)NC(COC1OC(CO)C(O)C(O)C1O)C(O)/C=C/CC/C=C/CCCCCCCCC. The van der Waals surface area contributed by atoms with Crippen molar-refractivity contribution >= 4 is 11.9 Å². The minimum absolute atomic E-state index is 0.0441. The first-order valence-electron chi connectivity index (χ1n) is 28.6. The number of nitrogens with one attached hydrogen (secondary N) is 1. The molecule has 11 heteroatoms. The van der Waals surface area contributed by atoms with E-state index in [9.17, 15) is 35.1 Å². The van der Waals surface area contributed by atoms with Gasteiger partial charge in [-0.05, 0) is 109 Å². The predicted molar refractivity (Wildman–Crippen MR) is 287 cm³/mol. The van der Waals surface area contributed by atoms with Crippen molar-refractivity contribution in [1.82, 2.24) is 5.32 Å². The van der Waals surface area contributed by atoms with Gasteiger partial charge in [-0.15, -0.1) is 0 Å². The molecule has 1 rings (SSSR count). The topological polar surface area (TPSA) is 175 Å². The van der Waals surface area contributed by atoms with Crippen LogP contribution in [-0.4, -0.2) is 100 Å². The molecule has 1 heterocycles. The van der Waals surface area contributed by atoms with Crippen LogP contribution in [0.15, 0.2) is 60.8 Å². The Labute approximate surface area is 427 Å². The Morgan fingerprint density at radius 1 is 0.529 bits per heavy atom. The fourth-order valence-electron chi connectivity index (χ4n) is 8.47. The number of carbonyl (C=O) groups excluding carboxylic acids is 2. The lowest BCUT2D eigenvalue weighted by atomic mass is 9.99. The molecule has 1 aliphatic heterocycles. The molecule has 0 bridgehead atoms. The van der Waals surface area contributed by atoms with Crippen molar-refractivity contribution in [2.45, 2.75) is 281 Å². The van der Waals surface area contributed by atoms with Crippen molar-refractivity contribution in [2.24, 2.45) is 0 Å². The molecule has 1 fully saturated rings. The van der Waals surface area contributed by atoms with Gasteiger partial charge in [0.2, 0.25) is 5.91 Å². The van der Waals surface area contributed by atoms with Gasteiger partial charge in [0, 0.05) is 12.8 Å². The van der Waals surface area contributed by atoms with Gasteiger partial charge in [0.15, 0.2) is 6.29 Å². The molecule has 6 N–H and O–H groups in total. The highest BCUT2D eigenvalue weighted by molar-refractivity contribution is 5.76. The van der Waals surface area contributed by atoms with Crippen LogP contribution in [0, 0.1) is 0 Å². The fourth-order valence-corrected chi connectivity index (χ4v) is 8.47. The van der Waals surface area contributed by atoms with E-state index in [2.05, 4.69) is 67.8 Å². The minimum atomic E-state index is -1.58. The highest BCUT2D eigenvalue weighted by Crippen LogP contribution is 2.23. The molecule has 7 unspecified atom stereocenters. The number of aliphatic hydroxyl groups is 5. The summed E-state index contributed by atoms with van der Waals surface area (Å²) in [5, 5.41) is 54.3. The first kappa shape index (κ1) is 65.4. The number of hydrogen-bond donors (Lipinski definition) is 6. The van der Waals surface area contributed by atoms with E-state index in [1.54, 1.807) is 6.08 Å². The number of ether oxygens (including phenoxy) is 3. The van der Waals surface area contributed by atoms with E-state index in [1.807, 2.05) is 6.08 Å².